The zero-order valence-electron chi connectivity index (χ0n) is 10.6. The monoisotopic (exact) mass is 254 g/mol. The normalized spacial score (nSPS) is 10.6. The van der Waals surface area contributed by atoms with Crippen molar-refractivity contribution in [1.29, 1.82) is 0 Å². The van der Waals surface area contributed by atoms with Gasteiger partial charge in [-0.2, -0.15) is 5.10 Å². The Kier molecular flexibility index (Phi) is 5.29. The van der Waals surface area contributed by atoms with Crippen LogP contribution in [-0.2, 0) is 16.1 Å². The number of carboxylic acids is 1. The van der Waals surface area contributed by atoms with Crippen LogP contribution in [0.15, 0.2) is 12.7 Å². The molecule has 0 unspecified atom stereocenters. The van der Waals surface area contributed by atoms with E-state index in [9.17, 15) is 9.59 Å². The molecule has 1 amide bonds. The molecule has 0 aliphatic carbocycles. The SMILES string of the molecule is CC(C)CN(CC(=O)O)C(=O)CCn1cncn1. The number of carboxylic acid groups (broad SMARTS) is 1. The number of amides is 1. The summed E-state index contributed by atoms with van der Waals surface area (Å²) in [4.78, 5) is 27.8. The van der Waals surface area contributed by atoms with Gasteiger partial charge in [-0.15, -0.1) is 0 Å². The summed E-state index contributed by atoms with van der Waals surface area (Å²) in [5, 5.41) is 12.7. The third-order valence-corrected chi connectivity index (χ3v) is 2.29. The fourth-order valence-electron chi connectivity index (χ4n) is 1.58. The Morgan fingerprint density at radius 1 is 1.44 bits per heavy atom. The number of aryl methyl sites for hydroxylation is 1. The van der Waals surface area contributed by atoms with Crippen LogP contribution in [0.4, 0.5) is 0 Å². The Labute approximate surface area is 105 Å². The van der Waals surface area contributed by atoms with Crippen LogP contribution in [0, 0.1) is 5.92 Å². The lowest BCUT2D eigenvalue weighted by atomic mass is 10.2. The van der Waals surface area contributed by atoms with Gasteiger partial charge < -0.3 is 10.0 Å². The van der Waals surface area contributed by atoms with Crippen LogP contribution >= 0.6 is 0 Å². The molecule has 1 heterocycles. The summed E-state index contributed by atoms with van der Waals surface area (Å²) in [7, 11) is 0. The lowest BCUT2D eigenvalue weighted by Gasteiger charge is -2.22. The van der Waals surface area contributed by atoms with Gasteiger partial charge in [0.2, 0.25) is 5.91 Å². The van der Waals surface area contributed by atoms with Crippen LogP contribution in [0.5, 0.6) is 0 Å². The van der Waals surface area contributed by atoms with Crippen molar-refractivity contribution in [3.63, 3.8) is 0 Å². The van der Waals surface area contributed by atoms with Crippen LogP contribution in [0.3, 0.4) is 0 Å². The second-order valence-electron chi connectivity index (χ2n) is 4.47. The average molecular weight is 254 g/mol. The number of hydrogen-bond donors (Lipinski definition) is 1. The Balaban J connectivity index is 2.50. The minimum atomic E-state index is -0.996. The van der Waals surface area contributed by atoms with E-state index in [2.05, 4.69) is 10.1 Å². The number of carbonyl (C=O) groups excluding carboxylic acids is 1. The van der Waals surface area contributed by atoms with Crippen LogP contribution < -0.4 is 0 Å². The molecule has 1 aromatic heterocycles. The first-order valence-corrected chi connectivity index (χ1v) is 5.81. The number of carbonyl (C=O) groups is 2. The summed E-state index contributed by atoms with van der Waals surface area (Å²) in [6.45, 7) is 4.49. The fourth-order valence-corrected chi connectivity index (χ4v) is 1.58. The first kappa shape index (κ1) is 14.1. The smallest absolute Gasteiger partial charge is 0.323 e. The van der Waals surface area contributed by atoms with Gasteiger partial charge in [-0.25, -0.2) is 4.98 Å². The molecule has 0 atom stereocenters. The van der Waals surface area contributed by atoms with Gasteiger partial charge in [0.05, 0.1) is 6.54 Å². The van der Waals surface area contributed by atoms with E-state index in [1.54, 1.807) is 4.68 Å². The van der Waals surface area contributed by atoms with E-state index < -0.39 is 5.97 Å². The maximum absolute atomic E-state index is 11.9. The molecule has 7 heteroatoms. The molecule has 7 nitrogen and oxygen atoms in total. The van der Waals surface area contributed by atoms with Crippen molar-refractivity contribution in [2.45, 2.75) is 26.8 Å². The second kappa shape index (κ2) is 6.73. The highest BCUT2D eigenvalue weighted by Gasteiger charge is 2.17. The fraction of sp³-hybridized carbons (Fsp3) is 0.636. The van der Waals surface area contributed by atoms with Crippen LogP contribution in [0.1, 0.15) is 20.3 Å². The zero-order valence-corrected chi connectivity index (χ0v) is 10.6. The molecule has 18 heavy (non-hydrogen) atoms. The molecule has 1 rings (SSSR count). The van der Waals surface area contributed by atoms with E-state index >= 15 is 0 Å². The van der Waals surface area contributed by atoms with Gasteiger partial charge in [0, 0.05) is 13.0 Å². The predicted octanol–water partition coefficient (Wildman–Crippen LogP) is 0.237. The van der Waals surface area contributed by atoms with E-state index in [4.69, 9.17) is 5.11 Å². The molecule has 0 fully saturated rings. The highest BCUT2D eigenvalue weighted by molar-refractivity contribution is 5.81. The molecule has 100 valence electrons. The van der Waals surface area contributed by atoms with Gasteiger partial charge in [0.15, 0.2) is 0 Å². The summed E-state index contributed by atoms with van der Waals surface area (Å²) in [6.07, 6.45) is 3.15. The first-order chi connectivity index (χ1) is 8.49. The number of nitrogens with zero attached hydrogens (tertiary/aromatic N) is 4. The standard InChI is InChI=1S/C11H18N4O3/c1-9(2)5-14(6-11(17)18)10(16)3-4-15-8-12-7-13-15/h7-9H,3-6H2,1-2H3,(H,17,18). The van der Waals surface area contributed by atoms with Gasteiger partial charge in [-0.05, 0) is 5.92 Å². The van der Waals surface area contributed by atoms with Crippen molar-refractivity contribution in [3.05, 3.63) is 12.7 Å². The van der Waals surface area contributed by atoms with Crippen molar-refractivity contribution in [2.75, 3.05) is 13.1 Å². The third kappa shape index (κ3) is 4.94. The van der Waals surface area contributed by atoms with E-state index in [1.807, 2.05) is 13.8 Å². The number of hydrogen-bond acceptors (Lipinski definition) is 4. The Morgan fingerprint density at radius 3 is 2.67 bits per heavy atom. The lowest BCUT2D eigenvalue weighted by molar-refractivity contribution is -0.144. The van der Waals surface area contributed by atoms with Crippen molar-refractivity contribution < 1.29 is 14.7 Å². The van der Waals surface area contributed by atoms with E-state index in [0.717, 1.165) is 0 Å². The number of aromatic nitrogens is 3. The van der Waals surface area contributed by atoms with E-state index in [-0.39, 0.29) is 24.8 Å². The van der Waals surface area contributed by atoms with E-state index in [1.165, 1.54) is 17.6 Å². The van der Waals surface area contributed by atoms with Gasteiger partial charge >= 0.3 is 5.97 Å². The number of aliphatic carboxylic acids is 1. The molecule has 1 aromatic rings. The summed E-state index contributed by atoms with van der Waals surface area (Å²) >= 11 is 0. The highest BCUT2D eigenvalue weighted by Crippen LogP contribution is 2.02. The van der Waals surface area contributed by atoms with Crippen LogP contribution in [0.25, 0.3) is 0 Å². The van der Waals surface area contributed by atoms with Crippen molar-refractivity contribution in [2.24, 2.45) is 5.92 Å². The van der Waals surface area contributed by atoms with Crippen molar-refractivity contribution >= 4 is 11.9 Å². The molecule has 0 aromatic carbocycles. The average Bonchev–Trinajstić information content (AvgIpc) is 2.76. The maximum atomic E-state index is 11.9. The minimum Gasteiger partial charge on any atom is -0.480 e. The number of rotatable bonds is 7. The van der Waals surface area contributed by atoms with Gasteiger partial charge in [0.25, 0.3) is 0 Å². The molecule has 0 saturated carbocycles. The quantitative estimate of drug-likeness (QED) is 0.752. The highest BCUT2D eigenvalue weighted by atomic mass is 16.4. The second-order valence-corrected chi connectivity index (χ2v) is 4.47. The summed E-state index contributed by atoms with van der Waals surface area (Å²) in [5.74, 6) is -0.939. The predicted molar refractivity (Wildman–Crippen MR) is 63.7 cm³/mol. The van der Waals surface area contributed by atoms with Gasteiger partial charge in [-0.1, -0.05) is 13.8 Å². The zero-order chi connectivity index (χ0) is 13.5. The lowest BCUT2D eigenvalue weighted by Crippen LogP contribution is -2.38. The summed E-state index contributed by atoms with van der Waals surface area (Å²) in [6, 6.07) is 0. The molecular weight excluding hydrogens is 236 g/mol. The molecule has 0 saturated heterocycles. The molecule has 0 bridgehead atoms. The molecule has 0 aliphatic heterocycles. The largest absolute Gasteiger partial charge is 0.480 e. The summed E-state index contributed by atoms with van der Waals surface area (Å²) < 4.78 is 1.55. The molecule has 0 aliphatic rings. The maximum Gasteiger partial charge on any atom is 0.323 e. The van der Waals surface area contributed by atoms with Gasteiger partial charge in [0.1, 0.15) is 19.2 Å². The molecule has 0 spiro atoms. The van der Waals surface area contributed by atoms with Crippen LogP contribution in [0.2, 0.25) is 0 Å². The van der Waals surface area contributed by atoms with E-state index in [0.29, 0.717) is 13.1 Å². The van der Waals surface area contributed by atoms with Crippen LogP contribution in [-0.4, -0.2) is 49.7 Å². The summed E-state index contributed by atoms with van der Waals surface area (Å²) in [5.41, 5.74) is 0. The topological polar surface area (TPSA) is 88.3 Å². The van der Waals surface area contributed by atoms with Crippen molar-refractivity contribution in [1.82, 2.24) is 19.7 Å². The first-order valence-electron chi connectivity index (χ1n) is 5.81. The van der Waals surface area contributed by atoms with Crippen molar-refractivity contribution in [3.8, 4) is 0 Å². The third-order valence-electron chi connectivity index (χ3n) is 2.29. The Hall–Kier alpha value is -1.92. The Bertz CT molecular complexity index is 389. The Morgan fingerprint density at radius 2 is 2.17 bits per heavy atom. The molecule has 0 radical (unpaired) electrons. The molecular formula is C11H18N4O3. The minimum absolute atomic E-state index is 0.179. The molecule has 1 N–H and O–H groups in total. The van der Waals surface area contributed by atoms with Gasteiger partial charge in [-0.3, -0.25) is 14.3 Å².